The summed E-state index contributed by atoms with van der Waals surface area (Å²) >= 11 is 0. The van der Waals surface area contributed by atoms with Crippen LogP contribution in [0.5, 0.6) is 46.0 Å². The summed E-state index contributed by atoms with van der Waals surface area (Å²) in [7, 11) is 6.47. The normalized spacial score (nSPS) is 9.58. The number of aldehydes is 2. The minimum Gasteiger partial charge on any atom is -1.00 e. The molecule has 0 aliphatic rings. The number of hydrogen-bond donors (Lipinski definition) is 7. The summed E-state index contributed by atoms with van der Waals surface area (Å²) in [6, 6.07) is 11.6. The van der Waals surface area contributed by atoms with Gasteiger partial charge in [-0.25, -0.2) is 0 Å². The van der Waals surface area contributed by atoms with Crippen LogP contribution >= 0.6 is 0 Å². The first-order chi connectivity index (χ1) is 22.1. The molecule has 0 amide bonds. The maximum absolute atomic E-state index is 11.0. The number of aliphatic hydroxyl groups excluding tert-OH is 3. The van der Waals surface area contributed by atoms with Gasteiger partial charge in [0.25, 0.3) is 0 Å². The molecule has 0 atom stereocenters. The number of phenols is 4. The van der Waals surface area contributed by atoms with Crippen LogP contribution in [0.25, 0.3) is 22.3 Å². The summed E-state index contributed by atoms with van der Waals surface area (Å²) in [4.78, 5) is 22.0. The molecule has 3 radical (unpaired) electrons. The Morgan fingerprint density at radius 1 is 0.521 bits per heavy atom. The van der Waals surface area contributed by atoms with Gasteiger partial charge in [-0.05, 0) is 59.7 Å². The van der Waals surface area contributed by atoms with E-state index in [-0.39, 0.29) is 132 Å². The van der Waals surface area contributed by atoms with Gasteiger partial charge in [-0.1, -0.05) is 0 Å². The van der Waals surface area contributed by atoms with Crippen molar-refractivity contribution in [1.29, 1.82) is 0 Å². The topological polar surface area (TPSA) is 213 Å². The number of methoxy groups -OCH3 is 4. The van der Waals surface area contributed by atoms with Crippen molar-refractivity contribution in [2.24, 2.45) is 0 Å². The zero-order valence-electron chi connectivity index (χ0n) is 28.3. The first kappa shape index (κ1) is 43.6. The molecule has 0 bridgehead atoms. The molecule has 7 N–H and O–H groups in total. The van der Waals surface area contributed by atoms with Gasteiger partial charge in [0.15, 0.2) is 46.0 Å². The number of benzene rings is 4. The molecule has 4 aromatic rings. The van der Waals surface area contributed by atoms with Crippen molar-refractivity contribution in [3.63, 3.8) is 0 Å². The molecule has 4 aromatic carbocycles. The van der Waals surface area contributed by atoms with Gasteiger partial charge < -0.3 is 56.1 Å². The molecule has 0 spiro atoms. The molecule has 0 aliphatic heterocycles. The molecule has 0 heterocycles. The van der Waals surface area contributed by atoms with Gasteiger partial charge in [0.2, 0.25) is 0 Å². The summed E-state index contributed by atoms with van der Waals surface area (Å²) < 4.78 is 20.2. The van der Waals surface area contributed by atoms with E-state index in [0.717, 1.165) is 7.11 Å². The predicted octanol–water partition coefficient (Wildman–Crippen LogP) is 0.518. The van der Waals surface area contributed by atoms with Crippen LogP contribution in [-0.2, 0) is 13.2 Å². The Bertz CT molecular complexity index is 1560. The SMILES string of the molecule is CO.COc1cc(C=O)cc(-c2cc(C=O)cc(OC)c2O)c1O.COc1cc(CO)cc(-c2cc(CO)cc(OC)c2O)c1O.[B].[H-].[Na+]. The Kier molecular flexibility index (Phi) is 18.8. The third kappa shape index (κ3) is 9.79. The van der Waals surface area contributed by atoms with E-state index in [4.69, 9.17) is 24.1 Å². The van der Waals surface area contributed by atoms with Gasteiger partial charge >= 0.3 is 29.6 Å². The van der Waals surface area contributed by atoms with E-state index in [0.29, 0.717) is 23.7 Å². The number of aliphatic hydroxyl groups is 3. The Hall–Kier alpha value is -4.44. The molecule has 0 saturated carbocycles. The van der Waals surface area contributed by atoms with Gasteiger partial charge in [-0.15, -0.1) is 0 Å². The molecule has 251 valence electrons. The molecule has 4 rings (SSSR count). The number of rotatable bonds is 10. The van der Waals surface area contributed by atoms with E-state index in [1.54, 1.807) is 0 Å². The van der Waals surface area contributed by atoms with Gasteiger partial charge in [-0.3, -0.25) is 9.59 Å². The van der Waals surface area contributed by atoms with Crippen LogP contribution < -0.4 is 48.5 Å². The van der Waals surface area contributed by atoms with Crippen molar-refractivity contribution in [3.05, 3.63) is 70.8 Å². The number of phenolic OH excluding ortho intramolecular Hbond substituents is 4. The second-order valence-electron chi connectivity index (χ2n) is 9.18. The van der Waals surface area contributed by atoms with Crippen LogP contribution in [0, 0.1) is 0 Å². The molecule has 0 unspecified atom stereocenters. The number of carbonyl (C=O) groups excluding carboxylic acids is 2. The van der Waals surface area contributed by atoms with Crippen LogP contribution in [0.1, 0.15) is 33.3 Å². The number of hydrogen-bond acceptors (Lipinski definition) is 13. The fraction of sp³-hybridized carbons (Fsp3) is 0.212. The maximum Gasteiger partial charge on any atom is 1.00 e. The summed E-state index contributed by atoms with van der Waals surface area (Å²) in [6.07, 6.45) is 1.17. The number of carbonyl (C=O) groups is 2. The second-order valence-corrected chi connectivity index (χ2v) is 9.18. The van der Waals surface area contributed by atoms with Crippen LogP contribution in [0.3, 0.4) is 0 Å². The van der Waals surface area contributed by atoms with Crippen molar-refractivity contribution < 1.29 is 95.3 Å². The van der Waals surface area contributed by atoms with Gasteiger partial charge in [-0.2, -0.15) is 0 Å². The van der Waals surface area contributed by atoms with Crippen LogP contribution in [0.2, 0.25) is 0 Å². The predicted molar refractivity (Wildman–Crippen MR) is 174 cm³/mol. The number of aromatic hydroxyl groups is 4. The summed E-state index contributed by atoms with van der Waals surface area (Å²) in [6.45, 7) is -0.498. The molecule has 0 saturated heterocycles. The van der Waals surface area contributed by atoms with Crippen molar-refractivity contribution in [1.82, 2.24) is 0 Å². The molecule has 0 aliphatic carbocycles. The zero-order chi connectivity index (χ0) is 34.6. The Balaban J connectivity index is 0. The van der Waals surface area contributed by atoms with Crippen LogP contribution in [-0.4, -0.2) is 92.3 Å². The van der Waals surface area contributed by atoms with E-state index < -0.39 is 0 Å². The molecular weight excluding hydrogens is 638 g/mol. The van der Waals surface area contributed by atoms with Crippen molar-refractivity contribution in [2.75, 3.05) is 35.5 Å². The van der Waals surface area contributed by atoms with Gasteiger partial charge in [0.1, 0.15) is 12.6 Å². The van der Waals surface area contributed by atoms with E-state index in [9.17, 15) is 40.2 Å². The molecule has 48 heavy (non-hydrogen) atoms. The quantitative estimate of drug-likeness (QED) is 0.0904. The third-order valence-corrected chi connectivity index (χ3v) is 6.56. The maximum atomic E-state index is 11.0. The Morgan fingerprint density at radius 3 is 1.00 bits per heavy atom. The monoisotopic (exact) mass is 675 g/mol. The van der Waals surface area contributed by atoms with Crippen molar-refractivity contribution >= 4 is 21.0 Å². The van der Waals surface area contributed by atoms with Crippen molar-refractivity contribution in [3.8, 4) is 68.2 Å². The average Bonchev–Trinajstić information content (AvgIpc) is 3.10. The third-order valence-electron chi connectivity index (χ3n) is 6.56. The van der Waals surface area contributed by atoms with Crippen molar-refractivity contribution in [2.45, 2.75) is 13.2 Å². The Morgan fingerprint density at radius 2 is 0.771 bits per heavy atom. The Labute approximate surface area is 302 Å². The minimum atomic E-state index is -0.256. The fourth-order valence-corrected chi connectivity index (χ4v) is 4.35. The first-order valence-corrected chi connectivity index (χ1v) is 13.3. The molecule has 15 heteroatoms. The summed E-state index contributed by atoms with van der Waals surface area (Å²) in [5.41, 5.74) is 2.37. The largest absolute Gasteiger partial charge is 1.00 e. The molecular formula is C33H37BNaO13. The molecule has 0 aromatic heterocycles. The standard InChI is InChI=1S/C16H18O6.C16H14O6.CH4O.B.Na.H/c2*1-21-13-5-9(7-17)3-11(15(13)19)12-4-10(8-18)6-14(22-2)16(12)20;1-2;;;/h3-6,17-20H,7-8H2,1-2H3;3-8,19-20H,1-2H3;2H,1H3;;;/q;;;;+1;-1. The smallest absolute Gasteiger partial charge is 1.00 e. The summed E-state index contributed by atoms with van der Waals surface area (Å²) in [5, 5.41) is 66.7. The first-order valence-electron chi connectivity index (χ1n) is 13.3. The average molecular weight is 675 g/mol. The fourth-order valence-electron chi connectivity index (χ4n) is 4.35. The van der Waals surface area contributed by atoms with E-state index >= 15 is 0 Å². The van der Waals surface area contributed by atoms with Gasteiger partial charge in [0.05, 0.1) is 41.7 Å². The number of ether oxygens (including phenoxy) is 4. The molecule has 13 nitrogen and oxygen atoms in total. The minimum absolute atomic E-state index is 0. The molecule has 0 fully saturated rings. The van der Waals surface area contributed by atoms with E-state index in [1.807, 2.05) is 0 Å². The van der Waals surface area contributed by atoms with E-state index in [2.05, 4.69) is 0 Å². The van der Waals surface area contributed by atoms with Crippen LogP contribution in [0.15, 0.2) is 48.5 Å². The van der Waals surface area contributed by atoms with Gasteiger partial charge in [0, 0.05) is 48.9 Å². The second kappa shape index (κ2) is 20.7. The summed E-state index contributed by atoms with van der Waals surface area (Å²) in [5.74, 6) is -0.353. The zero-order valence-corrected chi connectivity index (χ0v) is 29.3. The van der Waals surface area contributed by atoms with E-state index in [1.165, 1.54) is 77.0 Å². The van der Waals surface area contributed by atoms with Crippen LogP contribution in [0.4, 0.5) is 0 Å².